The summed E-state index contributed by atoms with van der Waals surface area (Å²) in [5.41, 5.74) is 1.80. The van der Waals surface area contributed by atoms with E-state index in [0.29, 0.717) is 13.1 Å². The fraction of sp³-hybridized carbons (Fsp3) is 0.278. The summed E-state index contributed by atoms with van der Waals surface area (Å²) in [4.78, 5) is 25.2. The quantitative estimate of drug-likeness (QED) is 0.645. The molecule has 0 atom stereocenters. The number of carbonyl (C=O) groups is 1. The average Bonchev–Trinajstić information content (AvgIpc) is 2.61. The lowest BCUT2D eigenvalue weighted by atomic mass is 10.3. The van der Waals surface area contributed by atoms with Crippen LogP contribution in [-0.4, -0.2) is 47.0 Å². The molecule has 1 aromatic carbocycles. The highest BCUT2D eigenvalue weighted by atomic mass is 16.2. The number of anilines is 1. The van der Waals surface area contributed by atoms with Crippen LogP contribution in [0.2, 0.25) is 0 Å². The zero-order valence-corrected chi connectivity index (χ0v) is 13.2. The monoisotopic (exact) mass is 308 g/mol. The van der Waals surface area contributed by atoms with Gasteiger partial charge in [0.2, 0.25) is 5.91 Å². The van der Waals surface area contributed by atoms with Crippen molar-refractivity contribution in [1.29, 1.82) is 0 Å². The first kappa shape index (κ1) is 15.2. The minimum atomic E-state index is 0.0624. The van der Waals surface area contributed by atoms with Crippen molar-refractivity contribution in [2.24, 2.45) is 0 Å². The molecule has 5 nitrogen and oxygen atoms in total. The molecule has 2 aromatic rings. The van der Waals surface area contributed by atoms with Crippen molar-refractivity contribution in [3.05, 3.63) is 54.8 Å². The van der Waals surface area contributed by atoms with Gasteiger partial charge in [0.05, 0.1) is 17.2 Å². The minimum Gasteiger partial charge on any atom is -0.352 e. The largest absolute Gasteiger partial charge is 0.352 e. The number of carbonyl (C=O) groups excluding carboxylic acids is 1. The summed E-state index contributed by atoms with van der Waals surface area (Å²) in [5, 5.41) is 0. The van der Waals surface area contributed by atoms with Crippen molar-refractivity contribution in [2.45, 2.75) is 6.92 Å². The van der Waals surface area contributed by atoms with Crippen LogP contribution >= 0.6 is 0 Å². The van der Waals surface area contributed by atoms with E-state index in [-0.39, 0.29) is 5.91 Å². The lowest BCUT2D eigenvalue weighted by Gasteiger charge is -2.34. The number of amides is 1. The Hall–Kier alpha value is -2.69. The molecule has 118 valence electrons. The summed E-state index contributed by atoms with van der Waals surface area (Å²) >= 11 is 0. The van der Waals surface area contributed by atoms with E-state index in [0.717, 1.165) is 29.9 Å². The molecular weight excluding hydrogens is 288 g/mol. The Labute approximate surface area is 135 Å². The Morgan fingerprint density at radius 1 is 1.09 bits per heavy atom. The number of aromatic nitrogens is 2. The molecule has 1 fully saturated rings. The van der Waals surface area contributed by atoms with Crippen molar-refractivity contribution in [2.75, 3.05) is 31.1 Å². The van der Waals surface area contributed by atoms with Gasteiger partial charge in [0.15, 0.2) is 0 Å². The maximum atomic E-state index is 12.0. The highest BCUT2D eigenvalue weighted by molar-refractivity contribution is 5.88. The summed E-state index contributed by atoms with van der Waals surface area (Å²) in [5.74, 6) is 0.938. The van der Waals surface area contributed by atoms with Gasteiger partial charge in [0, 0.05) is 32.3 Å². The number of hydrogen-bond acceptors (Lipinski definition) is 4. The van der Waals surface area contributed by atoms with E-state index in [1.54, 1.807) is 12.2 Å². The van der Waals surface area contributed by atoms with Gasteiger partial charge in [-0.3, -0.25) is 9.78 Å². The molecule has 2 heterocycles. The van der Waals surface area contributed by atoms with Gasteiger partial charge in [-0.1, -0.05) is 30.4 Å². The van der Waals surface area contributed by atoms with Gasteiger partial charge < -0.3 is 9.80 Å². The van der Waals surface area contributed by atoms with Crippen molar-refractivity contribution in [3.63, 3.8) is 0 Å². The lowest BCUT2D eigenvalue weighted by Crippen LogP contribution is -2.48. The maximum Gasteiger partial charge on any atom is 0.246 e. The molecule has 1 aliphatic heterocycles. The Bertz CT molecular complexity index is 746. The highest BCUT2D eigenvalue weighted by Crippen LogP contribution is 2.17. The van der Waals surface area contributed by atoms with Crippen LogP contribution in [0.5, 0.6) is 0 Å². The van der Waals surface area contributed by atoms with Crippen molar-refractivity contribution in [3.8, 4) is 0 Å². The molecule has 1 aliphatic rings. The third kappa shape index (κ3) is 3.56. The number of nitrogens with zero attached hydrogens (tertiary/aromatic N) is 4. The first-order valence-corrected chi connectivity index (χ1v) is 7.83. The van der Waals surface area contributed by atoms with Gasteiger partial charge in [-0.25, -0.2) is 4.98 Å². The Morgan fingerprint density at radius 2 is 1.83 bits per heavy atom. The number of fused-ring (bicyclic) bond motifs is 1. The van der Waals surface area contributed by atoms with Crippen LogP contribution in [0, 0.1) is 0 Å². The van der Waals surface area contributed by atoms with Gasteiger partial charge in [-0.15, -0.1) is 0 Å². The van der Waals surface area contributed by atoms with Crippen molar-refractivity contribution >= 4 is 22.8 Å². The average molecular weight is 308 g/mol. The molecular formula is C18H20N4O. The standard InChI is InChI=1S/C18H20N4O/c1-2-3-4-9-18(23)22-12-10-21(11-13-22)17-14-19-15-7-5-6-8-16(15)20-17/h2-9,14H,10-13H2,1H3/b3-2+,9-4+. The summed E-state index contributed by atoms with van der Waals surface area (Å²) in [7, 11) is 0. The second kappa shape index (κ2) is 7.05. The third-order valence-corrected chi connectivity index (χ3v) is 3.89. The SMILES string of the molecule is C/C=C/C=C/C(=O)N1CCN(c2cnc3ccccc3n2)CC1. The fourth-order valence-corrected chi connectivity index (χ4v) is 2.61. The van der Waals surface area contributed by atoms with Crippen LogP contribution in [0.4, 0.5) is 5.82 Å². The Kier molecular flexibility index (Phi) is 4.66. The maximum absolute atomic E-state index is 12.0. The van der Waals surface area contributed by atoms with Gasteiger partial charge >= 0.3 is 0 Å². The Balaban J connectivity index is 1.64. The molecule has 0 unspecified atom stereocenters. The second-order valence-corrected chi connectivity index (χ2v) is 5.41. The van der Waals surface area contributed by atoms with Crippen LogP contribution < -0.4 is 4.90 Å². The summed E-state index contributed by atoms with van der Waals surface area (Å²) < 4.78 is 0. The third-order valence-electron chi connectivity index (χ3n) is 3.89. The van der Waals surface area contributed by atoms with E-state index < -0.39 is 0 Å². The number of allylic oxidation sites excluding steroid dienone is 3. The molecule has 5 heteroatoms. The van der Waals surface area contributed by atoms with Crippen molar-refractivity contribution < 1.29 is 4.79 Å². The normalized spacial score (nSPS) is 15.9. The number of hydrogen-bond donors (Lipinski definition) is 0. The van der Waals surface area contributed by atoms with Gasteiger partial charge in [-0.05, 0) is 19.1 Å². The van der Waals surface area contributed by atoms with Gasteiger partial charge in [-0.2, -0.15) is 0 Å². The summed E-state index contributed by atoms with van der Waals surface area (Å²) in [6.07, 6.45) is 8.97. The lowest BCUT2D eigenvalue weighted by molar-refractivity contribution is -0.126. The molecule has 0 bridgehead atoms. The van der Waals surface area contributed by atoms with Crippen LogP contribution in [0.15, 0.2) is 54.8 Å². The van der Waals surface area contributed by atoms with E-state index in [9.17, 15) is 4.79 Å². The zero-order chi connectivity index (χ0) is 16.1. The summed E-state index contributed by atoms with van der Waals surface area (Å²) in [6.45, 7) is 4.88. The van der Waals surface area contributed by atoms with Gasteiger partial charge in [0.25, 0.3) is 0 Å². The number of para-hydroxylation sites is 2. The topological polar surface area (TPSA) is 49.3 Å². The number of piperazine rings is 1. The minimum absolute atomic E-state index is 0.0624. The molecule has 0 saturated carbocycles. The molecule has 3 rings (SSSR count). The first-order chi connectivity index (χ1) is 11.3. The predicted octanol–water partition coefficient (Wildman–Crippen LogP) is 2.41. The van der Waals surface area contributed by atoms with E-state index in [1.807, 2.05) is 54.4 Å². The molecule has 1 saturated heterocycles. The second-order valence-electron chi connectivity index (χ2n) is 5.41. The molecule has 0 aliphatic carbocycles. The summed E-state index contributed by atoms with van der Waals surface area (Å²) in [6, 6.07) is 7.86. The van der Waals surface area contributed by atoms with Gasteiger partial charge in [0.1, 0.15) is 5.82 Å². The zero-order valence-electron chi connectivity index (χ0n) is 13.2. The number of rotatable bonds is 3. The smallest absolute Gasteiger partial charge is 0.246 e. The predicted molar refractivity (Wildman–Crippen MR) is 92.3 cm³/mol. The molecule has 0 spiro atoms. The van der Waals surface area contributed by atoms with Crippen LogP contribution in [0.25, 0.3) is 11.0 Å². The molecule has 0 radical (unpaired) electrons. The molecule has 1 amide bonds. The molecule has 1 aromatic heterocycles. The van der Waals surface area contributed by atoms with E-state index in [1.165, 1.54) is 0 Å². The van der Waals surface area contributed by atoms with E-state index in [4.69, 9.17) is 0 Å². The molecule has 0 N–H and O–H groups in total. The number of benzene rings is 1. The van der Waals surface area contributed by atoms with Crippen LogP contribution in [0.3, 0.4) is 0 Å². The Morgan fingerprint density at radius 3 is 2.57 bits per heavy atom. The molecule has 23 heavy (non-hydrogen) atoms. The van der Waals surface area contributed by atoms with E-state index >= 15 is 0 Å². The van der Waals surface area contributed by atoms with Crippen LogP contribution in [0.1, 0.15) is 6.92 Å². The van der Waals surface area contributed by atoms with E-state index in [2.05, 4.69) is 14.9 Å². The first-order valence-electron chi connectivity index (χ1n) is 7.83. The fourth-order valence-electron chi connectivity index (χ4n) is 2.61. The van der Waals surface area contributed by atoms with Crippen molar-refractivity contribution in [1.82, 2.24) is 14.9 Å². The van der Waals surface area contributed by atoms with Crippen LogP contribution in [-0.2, 0) is 4.79 Å². The highest BCUT2D eigenvalue weighted by Gasteiger charge is 2.20.